The van der Waals surface area contributed by atoms with Crippen LogP contribution >= 0.6 is 23.2 Å². The molecule has 3 aromatic carbocycles. The summed E-state index contributed by atoms with van der Waals surface area (Å²) in [4.78, 5) is 28.4. The quantitative estimate of drug-likeness (QED) is 0.275. The van der Waals surface area contributed by atoms with Gasteiger partial charge in [-0.15, -0.1) is 0 Å². The van der Waals surface area contributed by atoms with Gasteiger partial charge in [-0.25, -0.2) is 12.8 Å². The predicted molar refractivity (Wildman–Crippen MR) is 157 cm³/mol. The van der Waals surface area contributed by atoms with E-state index >= 15 is 0 Å². The monoisotopic (exact) mass is 607 g/mol. The van der Waals surface area contributed by atoms with E-state index in [0.717, 1.165) is 9.87 Å². The molecule has 3 aromatic rings. The average molecular weight is 609 g/mol. The maximum absolute atomic E-state index is 14.0. The summed E-state index contributed by atoms with van der Waals surface area (Å²) >= 11 is 12.7. The number of nitrogens with one attached hydrogen (secondary N) is 1. The Morgan fingerprint density at radius 1 is 0.975 bits per heavy atom. The largest absolute Gasteiger partial charge is 0.354 e. The number of carbonyl (C=O) groups excluding carboxylic acids is 2. The Bertz CT molecular complexity index is 1430. The first-order valence-electron chi connectivity index (χ1n) is 12.8. The van der Waals surface area contributed by atoms with Crippen molar-refractivity contribution in [3.05, 3.63) is 93.7 Å². The molecule has 0 fully saturated rings. The molecule has 0 aromatic heterocycles. The average Bonchev–Trinajstić information content (AvgIpc) is 2.93. The van der Waals surface area contributed by atoms with Gasteiger partial charge in [0.1, 0.15) is 18.4 Å². The van der Waals surface area contributed by atoms with Crippen LogP contribution in [-0.4, -0.2) is 44.3 Å². The van der Waals surface area contributed by atoms with Crippen molar-refractivity contribution in [1.82, 2.24) is 10.2 Å². The van der Waals surface area contributed by atoms with Crippen LogP contribution in [0.1, 0.15) is 37.8 Å². The number of carbonyl (C=O) groups is 2. The molecular weight excluding hydrogens is 576 g/mol. The summed E-state index contributed by atoms with van der Waals surface area (Å²) in [5, 5.41) is 2.89. The lowest BCUT2D eigenvalue weighted by molar-refractivity contribution is -0.140. The number of sulfonamides is 1. The minimum atomic E-state index is -4.29. The van der Waals surface area contributed by atoms with Crippen LogP contribution in [0.5, 0.6) is 0 Å². The maximum atomic E-state index is 14.0. The lowest BCUT2D eigenvalue weighted by Crippen LogP contribution is -2.52. The number of benzene rings is 3. The zero-order valence-electron chi connectivity index (χ0n) is 22.5. The Hall–Kier alpha value is -3.14. The number of halogens is 3. The molecule has 0 unspecified atom stereocenters. The molecular formula is C29H32Cl2FN3O4S. The Kier molecular flexibility index (Phi) is 11.0. The van der Waals surface area contributed by atoms with Gasteiger partial charge < -0.3 is 10.2 Å². The van der Waals surface area contributed by atoms with Gasteiger partial charge in [-0.3, -0.25) is 13.9 Å². The van der Waals surface area contributed by atoms with Gasteiger partial charge in [-0.05, 0) is 61.7 Å². The molecule has 7 nitrogen and oxygen atoms in total. The molecule has 1 N–H and O–H groups in total. The van der Waals surface area contributed by atoms with E-state index in [2.05, 4.69) is 5.32 Å². The first kappa shape index (κ1) is 31.4. The van der Waals surface area contributed by atoms with E-state index in [4.69, 9.17) is 23.2 Å². The number of aryl methyl sites for hydroxylation is 1. The van der Waals surface area contributed by atoms with Crippen molar-refractivity contribution in [2.45, 2.75) is 51.1 Å². The fraction of sp³-hybridized carbons (Fsp3) is 0.310. The molecule has 0 aliphatic carbocycles. The number of hydrogen-bond acceptors (Lipinski definition) is 4. The molecule has 0 aliphatic rings. The number of anilines is 1. The smallest absolute Gasteiger partial charge is 0.264 e. The fourth-order valence-corrected chi connectivity index (χ4v) is 5.98. The van der Waals surface area contributed by atoms with Crippen molar-refractivity contribution in [3.8, 4) is 0 Å². The van der Waals surface area contributed by atoms with Crippen LogP contribution in [0.15, 0.2) is 71.6 Å². The first-order valence-corrected chi connectivity index (χ1v) is 15.0. The SMILES string of the molecule is CCCNC(=O)[C@@H](CC)N(Cc1ccc(F)cc1)C(=O)CN(c1cccc(Cl)c1Cl)S(=O)(=O)c1ccc(C)cc1. The second kappa shape index (κ2) is 14.0. The van der Waals surface area contributed by atoms with Gasteiger partial charge in [-0.2, -0.15) is 0 Å². The molecule has 2 amide bonds. The highest BCUT2D eigenvalue weighted by Gasteiger charge is 2.34. The van der Waals surface area contributed by atoms with Gasteiger partial charge in [0, 0.05) is 13.1 Å². The lowest BCUT2D eigenvalue weighted by Gasteiger charge is -2.33. The van der Waals surface area contributed by atoms with Crippen molar-refractivity contribution >= 4 is 50.7 Å². The van der Waals surface area contributed by atoms with Crippen molar-refractivity contribution in [1.29, 1.82) is 0 Å². The Morgan fingerprint density at radius 2 is 1.62 bits per heavy atom. The van der Waals surface area contributed by atoms with E-state index in [9.17, 15) is 22.4 Å². The van der Waals surface area contributed by atoms with Crippen LogP contribution < -0.4 is 9.62 Å². The molecule has 11 heteroatoms. The van der Waals surface area contributed by atoms with Crippen LogP contribution in [0, 0.1) is 12.7 Å². The molecule has 0 heterocycles. The van der Waals surface area contributed by atoms with Crippen LogP contribution in [0.2, 0.25) is 10.0 Å². The molecule has 0 spiro atoms. The standard InChI is InChI=1S/C29H32Cl2FN3O4S/c1-4-17-33-29(37)25(5-2)34(18-21-11-13-22(32)14-12-21)27(36)19-35(26-8-6-7-24(30)28(26)31)40(38,39)23-15-9-20(3)10-16-23/h6-16,25H,4-5,17-19H2,1-3H3,(H,33,37)/t25-/m1/s1. The van der Waals surface area contributed by atoms with Crippen molar-refractivity contribution < 1.29 is 22.4 Å². The summed E-state index contributed by atoms with van der Waals surface area (Å²) in [5.41, 5.74) is 1.45. The molecule has 214 valence electrons. The highest BCUT2D eigenvalue weighted by molar-refractivity contribution is 7.92. The van der Waals surface area contributed by atoms with Crippen molar-refractivity contribution in [2.24, 2.45) is 0 Å². The molecule has 0 saturated carbocycles. The summed E-state index contributed by atoms with van der Waals surface area (Å²) in [6.45, 7) is 5.21. The maximum Gasteiger partial charge on any atom is 0.264 e. The van der Waals surface area contributed by atoms with Crippen molar-refractivity contribution in [3.63, 3.8) is 0 Å². The highest BCUT2D eigenvalue weighted by Crippen LogP contribution is 2.35. The topological polar surface area (TPSA) is 86.8 Å². The Balaban J connectivity index is 2.09. The van der Waals surface area contributed by atoms with Gasteiger partial charge in [0.2, 0.25) is 11.8 Å². The molecule has 0 bridgehead atoms. The minimum Gasteiger partial charge on any atom is -0.354 e. The van der Waals surface area contributed by atoms with E-state index in [0.29, 0.717) is 18.5 Å². The number of hydrogen-bond donors (Lipinski definition) is 1. The summed E-state index contributed by atoms with van der Waals surface area (Å²) in [7, 11) is -4.29. The third-order valence-electron chi connectivity index (χ3n) is 6.29. The van der Waals surface area contributed by atoms with Crippen molar-refractivity contribution in [2.75, 3.05) is 17.4 Å². The van der Waals surface area contributed by atoms with E-state index in [1.54, 1.807) is 19.1 Å². The van der Waals surface area contributed by atoms with Crippen LogP contribution in [0.3, 0.4) is 0 Å². The summed E-state index contributed by atoms with van der Waals surface area (Å²) in [6, 6.07) is 15.4. The second-order valence-electron chi connectivity index (χ2n) is 9.26. The molecule has 0 radical (unpaired) electrons. The Labute approximate surface area is 244 Å². The number of rotatable bonds is 12. The Morgan fingerprint density at radius 3 is 2.23 bits per heavy atom. The third-order valence-corrected chi connectivity index (χ3v) is 8.87. The number of amides is 2. The minimum absolute atomic E-state index is 0.0216. The highest BCUT2D eigenvalue weighted by atomic mass is 35.5. The van der Waals surface area contributed by atoms with Crippen LogP contribution in [0.4, 0.5) is 10.1 Å². The molecule has 0 saturated heterocycles. The van der Waals surface area contributed by atoms with Gasteiger partial charge >= 0.3 is 0 Å². The predicted octanol–water partition coefficient (Wildman–Crippen LogP) is 5.97. The van der Waals surface area contributed by atoms with E-state index < -0.39 is 34.3 Å². The molecule has 40 heavy (non-hydrogen) atoms. The lowest BCUT2D eigenvalue weighted by atomic mass is 10.1. The van der Waals surface area contributed by atoms with E-state index in [-0.39, 0.29) is 39.5 Å². The summed E-state index contributed by atoms with van der Waals surface area (Å²) in [5.74, 6) is -1.46. The second-order valence-corrected chi connectivity index (χ2v) is 11.9. The molecule has 3 rings (SSSR count). The van der Waals surface area contributed by atoms with Gasteiger partial charge in [0.15, 0.2) is 0 Å². The summed E-state index contributed by atoms with van der Waals surface area (Å²) < 4.78 is 42.3. The van der Waals surface area contributed by atoms with Crippen LogP contribution in [0.25, 0.3) is 0 Å². The molecule has 0 aliphatic heterocycles. The first-order chi connectivity index (χ1) is 19.0. The van der Waals surface area contributed by atoms with Gasteiger partial charge in [0.25, 0.3) is 10.0 Å². The molecule has 1 atom stereocenters. The zero-order chi connectivity index (χ0) is 29.4. The van der Waals surface area contributed by atoms with Gasteiger partial charge in [0.05, 0.1) is 20.6 Å². The van der Waals surface area contributed by atoms with E-state index in [1.165, 1.54) is 59.5 Å². The van der Waals surface area contributed by atoms with Gasteiger partial charge in [-0.1, -0.05) is 72.9 Å². The van der Waals surface area contributed by atoms with Crippen LogP contribution in [-0.2, 0) is 26.2 Å². The zero-order valence-corrected chi connectivity index (χ0v) is 24.9. The summed E-state index contributed by atoms with van der Waals surface area (Å²) in [6.07, 6.45) is 0.967. The van der Waals surface area contributed by atoms with E-state index in [1.807, 2.05) is 13.8 Å². The normalized spacial score (nSPS) is 12.1. The third kappa shape index (κ3) is 7.53. The fourth-order valence-electron chi connectivity index (χ4n) is 4.11. The number of nitrogens with zero attached hydrogens (tertiary/aromatic N) is 2.